The molecule has 0 aromatic rings. The fourth-order valence-corrected chi connectivity index (χ4v) is 10.1. The Morgan fingerprint density at radius 3 is 1.07 bits per heavy atom. The van der Waals surface area contributed by atoms with Gasteiger partial charge in [-0.3, -0.25) is 18.6 Å². The van der Waals surface area contributed by atoms with Gasteiger partial charge in [0.15, 0.2) is 6.10 Å². The summed E-state index contributed by atoms with van der Waals surface area (Å²) in [5.41, 5.74) is 0. The number of quaternary nitrogens is 1. The zero-order valence-corrected chi connectivity index (χ0v) is 53.7. The van der Waals surface area contributed by atoms with E-state index in [0.29, 0.717) is 17.4 Å². The number of rotatable bonds is 61. The van der Waals surface area contributed by atoms with E-state index in [1.807, 2.05) is 21.1 Å². The van der Waals surface area contributed by atoms with E-state index in [4.69, 9.17) is 18.5 Å². The van der Waals surface area contributed by atoms with Gasteiger partial charge >= 0.3 is 19.8 Å². The van der Waals surface area contributed by atoms with Crippen molar-refractivity contribution >= 4 is 19.8 Å². The monoisotopic (exact) mass is 1140 g/mol. The van der Waals surface area contributed by atoms with Crippen molar-refractivity contribution in [1.29, 1.82) is 0 Å². The number of esters is 2. The van der Waals surface area contributed by atoms with Crippen LogP contribution in [-0.4, -0.2) is 74.9 Å². The Kier molecular flexibility index (Phi) is 58.6. The van der Waals surface area contributed by atoms with Crippen molar-refractivity contribution in [2.24, 2.45) is 0 Å². The van der Waals surface area contributed by atoms with Crippen molar-refractivity contribution < 1.29 is 42.1 Å². The quantitative estimate of drug-likeness (QED) is 0.0211. The second-order valence-electron chi connectivity index (χ2n) is 23.5. The first-order valence-corrected chi connectivity index (χ1v) is 34.8. The van der Waals surface area contributed by atoms with E-state index in [1.165, 1.54) is 180 Å². The SMILES string of the molecule is CC/C=C\C/C=C\C/C=C\C/C=C\C/C=C\C/C=C\CCCCCCCCCCCCC(=O)OC(COC(=O)CCCCCCCCCCCCCCCCC/C=C\CCCCCCCCCC)COP(=O)(O)OCC[N+](C)(C)C. The predicted molar refractivity (Wildman–Crippen MR) is 344 cm³/mol. The molecule has 0 amide bonds. The lowest BCUT2D eigenvalue weighted by Gasteiger charge is -2.24. The summed E-state index contributed by atoms with van der Waals surface area (Å²) in [6.45, 7) is 4.35. The van der Waals surface area contributed by atoms with Crippen molar-refractivity contribution in [3.05, 3.63) is 85.1 Å². The Morgan fingerprint density at radius 2 is 0.713 bits per heavy atom. The summed E-state index contributed by atoms with van der Waals surface area (Å²) in [5.74, 6) is -0.795. The summed E-state index contributed by atoms with van der Waals surface area (Å²) < 4.78 is 34.7. The first kappa shape index (κ1) is 77.2. The molecule has 2 unspecified atom stereocenters. The second kappa shape index (κ2) is 60.8. The maximum atomic E-state index is 12.9. The van der Waals surface area contributed by atoms with Crippen LogP contribution in [0.4, 0.5) is 0 Å². The molecular formula is C70H127NO8P+. The first-order chi connectivity index (χ1) is 39.0. The number of carbonyl (C=O) groups is 2. The number of hydrogen-bond acceptors (Lipinski definition) is 7. The van der Waals surface area contributed by atoms with Crippen LogP contribution < -0.4 is 0 Å². The third-order valence-electron chi connectivity index (χ3n) is 14.4. The van der Waals surface area contributed by atoms with Crippen LogP contribution >= 0.6 is 7.82 Å². The maximum Gasteiger partial charge on any atom is 0.472 e. The molecule has 0 aliphatic carbocycles. The van der Waals surface area contributed by atoms with Gasteiger partial charge in [-0.1, -0.05) is 279 Å². The molecule has 0 bridgehead atoms. The van der Waals surface area contributed by atoms with Crippen LogP contribution in [-0.2, 0) is 32.7 Å². The number of ether oxygens (including phenoxy) is 2. The Labute approximate surface area is 494 Å². The Morgan fingerprint density at radius 1 is 0.400 bits per heavy atom. The highest BCUT2D eigenvalue weighted by Gasteiger charge is 2.27. The number of carbonyl (C=O) groups excluding carboxylic acids is 2. The molecule has 0 radical (unpaired) electrons. The van der Waals surface area contributed by atoms with Crippen molar-refractivity contribution in [2.45, 2.75) is 302 Å². The van der Waals surface area contributed by atoms with Gasteiger partial charge in [-0.05, 0) is 89.9 Å². The first-order valence-electron chi connectivity index (χ1n) is 33.3. The van der Waals surface area contributed by atoms with E-state index in [2.05, 4.69) is 98.9 Å². The van der Waals surface area contributed by atoms with Crippen LogP contribution in [0.15, 0.2) is 85.1 Å². The Balaban J connectivity index is 4.10. The third kappa shape index (κ3) is 64.4. The van der Waals surface area contributed by atoms with Crippen LogP contribution in [0.3, 0.4) is 0 Å². The highest BCUT2D eigenvalue weighted by atomic mass is 31.2. The molecule has 10 heteroatoms. The minimum atomic E-state index is -4.40. The van der Waals surface area contributed by atoms with Crippen molar-refractivity contribution in [2.75, 3.05) is 47.5 Å². The van der Waals surface area contributed by atoms with E-state index in [-0.39, 0.29) is 32.0 Å². The zero-order chi connectivity index (χ0) is 58.4. The van der Waals surface area contributed by atoms with Gasteiger partial charge in [0.2, 0.25) is 0 Å². The fourth-order valence-electron chi connectivity index (χ4n) is 9.31. The second-order valence-corrected chi connectivity index (χ2v) is 24.9. The summed E-state index contributed by atoms with van der Waals surface area (Å²) in [5, 5.41) is 0. The van der Waals surface area contributed by atoms with Crippen molar-refractivity contribution in [1.82, 2.24) is 0 Å². The van der Waals surface area contributed by atoms with Crippen LogP contribution in [0.25, 0.3) is 0 Å². The molecule has 0 aliphatic rings. The van der Waals surface area contributed by atoms with Crippen molar-refractivity contribution in [3.63, 3.8) is 0 Å². The molecule has 0 aliphatic heterocycles. The van der Waals surface area contributed by atoms with Crippen LogP contribution in [0.1, 0.15) is 296 Å². The lowest BCUT2D eigenvalue weighted by molar-refractivity contribution is -0.870. The number of likely N-dealkylation sites (N-methyl/N-ethyl adjacent to an activating group) is 1. The predicted octanol–water partition coefficient (Wildman–Crippen LogP) is 21.4. The molecule has 0 rings (SSSR count). The highest BCUT2D eigenvalue weighted by Crippen LogP contribution is 2.43. The minimum Gasteiger partial charge on any atom is -0.462 e. The van der Waals surface area contributed by atoms with Crippen LogP contribution in [0, 0.1) is 0 Å². The van der Waals surface area contributed by atoms with E-state index in [9.17, 15) is 19.0 Å². The molecule has 0 saturated carbocycles. The molecule has 1 N–H and O–H groups in total. The molecule has 0 aromatic heterocycles. The van der Waals surface area contributed by atoms with Gasteiger partial charge in [-0.2, -0.15) is 0 Å². The number of allylic oxidation sites excluding steroid dienone is 14. The van der Waals surface area contributed by atoms with Crippen molar-refractivity contribution in [3.8, 4) is 0 Å². The standard InChI is InChI=1S/C70H126NO8P/c1-6-8-10-12-14-16-18-20-22-24-26-28-30-32-34-35-37-39-41-43-45-47-49-51-53-55-57-59-61-63-70(73)79-68(67-78-80(74,75)77-65-64-71(3,4)5)66-76-69(72)62-60-58-56-54-52-50-48-46-44-42-40-38-36-33-31-29-27-25-23-21-19-17-15-13-11-9-7-2/h8,10,14,16,20,22,25-28,32,34,37,39,68H,6-7,9,11-13,15,17-19,21,23-24,29-31,33,35-36,38,40-67H2,1-5H3/p+1/b10-8-,16-14-,22-20-,27-25-,28-26-,34-32-,39-37-. The molecule has 80 heavy (non-hydrogen) atoms. The molecule has 464 valence electrons. The molecule has 0 aromatic carbocycles. The minimum absolute atomic E-state index is 0.0285. The van der Waals surface area contributed by atoms with E-state index >= 15 is 0 Å². The van der Waals surface area contributed by atoms with E-state index < -0.39 is 26.5 Å². The summed E-state index contributed by atoms with van der Waals surface area (Å²) in [6.07, 6.45) is 82.4. The van der Waals surface area contributed by atoms with Gasteiger partial charge in [0.25, 0.3) is 0 Å². The average molecular weight is 1140 g/mol. The molecule has 0 spiro atoms. The smallest absolute Gasteiger partial charge is 0.462 e. The van der Waals surface area contributed by atoms with Crippen LogP contribution in [0.5, 0.6) is 0 Å². The molecule has 0 saturated heterocycles. The fraction of sp³-hybridized carbons (Fsp3) is 0.771. The Hall–Kier alpha value is -2.81. The zero-order valence-electron chi connectivity index (χ0n) is 52.8. The molecular weight excluding hydrogens is 1010 g/mol. The normalized spacial score (nSPS) is 13.7. The van der Waals surface area contributed by atoms with E-state index in [0.717, 1.165) is 83.5 Å². The lowest BCUT2D eigenvalue weighted by atomic mass is 10.0. The molecule has 9 nitrogen and oxygen atoms in total. The lowest BCUT2D eigenvalue weighted by Crippen LogP contribution is -2.37. The largest absolute Gasteiger partial charge is 0.472 e. The molecule has 0 heterocycles. The summed E-state index contributed by atoms with van der Waals surface area (Å²) in [7, 11) is 1.48. The molecule has 0 fully saturated rings. The van der Waals surface area contributed by atoms with Gasteiger partial charge in [0, 0.05) is 12.8 Å². The summed E-state index contributed by atoms with van der Waals surface area (Å²) in [6, 6.07) is 0. The van der Waals surface area contributed by atoms with Gasteiger partial charge in [-0.25, -0.2) is 4.57 Å². The number of phosphoric acid groups is 1. The average Bonchev–Trinajstić information content (AvgIpc) is 3.42. The topological polar surface area (TPSA) is 108 Å². The number of phosphoric ester groups is 1. The van der Waals surface area contributed by atoms with E-state index in [1.54, 1.807) is 0 Å². The summed E-state index contributed by atoms with van der Waals surface area (Å²) >= 11 is 0. The number of nitrogens with zero attached hydrogens (tertiary/aromatic N) is 1. The van der Waals surface area contributed by atoms with Gasteiger partial charge in [0.05, 0.1) is 27.7 Å². The number of hydrogen-bond donors (Lipinski definition) is 1. The van der Waals surface area contributed by atoms with Crippen LogP contribution in [0.2, 0.25) is 0 Å². The Bertz CT molecular complexity index is 1630. The highest BCUT2D eigenvalue weighted by molar-refractivity contribution is 7.47. The van der Waals surface area contributed by atoms with Gasteiger partial charge in [-0.15, -0.1) is 0 Å². The van der Waals surface area contributed by atoms with Gasteiger partial charge in [0.1, 0.15) is 19.8 Å². The van der Waals surface area contributed by atoms with Gasteiger partial charge < -0.3 is 18.9 Å². The maximum absolute atomic E-state index is 12.9. The third-order valence-corrected chi connectivity index (χ3v) is 15.4. The molecule has 2 atom stereocenters. The summed E-state index contributed by atoms with van der Waals surface area (Å²) in [4.78, 5) is 35.8. The number of unbranched alkanes of at least 4 members (excludes halogenated alkanes) is 33.